The van der Waals surface area contributed by atoms with Gasteiger partial charge in [-0.05, 0) is 18.2 Å². The molecule has 114 valence electrons. The van der Waals surface area contributed by atoms with Gasteiger partial charge in [-0.25, -0.2) is 4.98 Å². The van der Waals surface area contributed by atoms with Gasteiger partial charge in [0.15, 0.2) is 5.01 Å². The van der Waals surface area contributed by atoms with Gasteiger partial charge in [0.05, 0.1) is 20.3 Å². The average molecular weight is 318 g/mol. The van der Waals surface area contributed by atoms with Crippen molar-refractivity contribution in [2.75, 3.05) is 14.2 Å². The Morgan fingerprint density at radius 3 is 2.48 bits per heavy atom. The van der Waals surface area contributed by atoms with E-state index in [2.05, 4.69) is 4.98 Å². The average Bonchev–Trinajstić information content (AvgIpc) is 2.95. The Morgan fingerprint density at radius 1 is 1.24 bits per heavy atom. The van der Waals surface area contributed by atoms with Crippen molar-refractivity contribution in [3.05, 3.63) is 39.8 Å². The van der Waals surface area contributed by atoms with Crippen molar-refractivity contribution in [1.29, 1.82) is 0 Å². The van der Waals surface area contributed by atoms with E-state index in [9.17, 15) is 13.2 Å². The molecule has 2 rings (SSSR count). The molecule has 0 fully saturated rings. The first kappa shape index (κ1) is 15.6. The van der Waals surface area contributed by atoms with Crippen LogP contribution in [-0.2, 0) is 6.18 Å². The molecule has 2 aromatic rings. The smallest absolute Gasteiger partial charge is 0.443 e. The molecule has 1 unspecified atom stereocenters. The van der Waals surface area contributed by atoms with Gasteiger partial charge >= 0.3 is 6.18 Å². The van der Waals surface area contributed by atoms with Gasteiger partial charge in [0.2, 0.25) is 0 Å². The van der Waals surface area contributed by atoms with Crippen molar-refractivity contribution in [2.24, 2.45) is 5.73 Å². The van der Waals surface area contributed by atoms with Crippen molar-refractivity contribution in [3.8, 4) is 11.5 Å². The van der Waals surface area contributed by atoms with Crippen molar-refractivity contribution >= 4 is 11.3 Å². The van der Waals surface area contributed by atoms with Crippen LogP contribution >= 0.6 is 11.3 Å². The lowest BCUT2D eigenvalue weighted by Gasteiger charge is -2.15. The maximum Gasteiger partial charge on any atom is 0.443 e. The Labute approximate surface area is 123 Å². The van der Waals surface area contributed by atoms with Crippen molar-refractivity contribution in [1.82, 2.24) is 4.98 Å². The summed E-state index contributed by atoms with van der Waals surface area (Å²) >= 11 is 0.518. The highest BCUT2D eigenvalue weighted by atomic mass is 32.1. The third-order valence-electron chi connectivity index (χ3n) is 2.84. The van der Waals surface area contributed by atoms with Gasteiger partial charge in [0, 0.05) is 16.6 Å². The first-order chi connectivity index (χ1) is 9.86. The molecule has 2 N–H and O–H groups in total. The van der Waals surface area contributed by atoms with Gasteiger partial charge in [0.1, 0.15) is 11.5 Å². The van der Waals surface area contributed by atoms with Crippen LogP contribution in [0, 0.1) is 0 Å². The van der Waals surface area contributed by atoms with Crippen LogP contribution in [0.3, 0.4) is 0 Å². The molecule has 0 spiro atoms. The van der Waals surface area contributed by atoms with Crippen molar-refractivity contribution in [3.63, 3.8) is 0 Å². The van der Waals surface area contributed by atoms with E-state index in [-0.39, 0.29) is 0 Å². The molecule has 21 heavy (non-hydrogen) atoms. The molecular weight excluding hydrogens is 305 g/mol. The number of halogens is 3. The van der Waals surface area contributed by atoms with Crippen LogP contribution in [0.5, 0.6) is 11.5 Å². The number of hydrogen-bond donors (Lipinski definition) is 1. The second kappa shape index (κ2) is 5.90. The summed E-state index contributed by atoms with van der Waals surface area (Å²) in [6.45, 7) is 0. The quantitative estimate of drug-likeness (QED) is 0.940. The van der Waals surface area contributed by atoms with Crippen LogP contribution in [0.4, 0.5) is 13.2 Å². The van der Waals surface area contributed by atoms with Crippen molar-refractivity contribution in [2.45, 2.75) is 12.2 Å². The Balaban J connectivity index is 2.39. The molecule has 1 aromatic heterocycles. The molecule has 0 radical (unpaired) electrons. The molecule has 8 heteroatoms. The van der Waals surface area contributed by atoms with Gasteiger partial charge in [-0.2, -0.15) is 13.2 Å². The molecule has 1 heterocycles. The number of nitrogens with zero attached hydrogens (tertiary/aromatic N) is 1. The predicted molar refractivity (Wildman–Crippen MR) is 72.7 cm³/mol. The van der Waals surface area contributed by atoms with Crippen LogP contribution in [0.1, 0.15) is 21.5 Å². The van der Waals surface area contributed by atoms with Crippen LogP contribution < -0.4 is 15.2 Å². The van der Waals surface area contributed by atoms with E-state index in [0.717, 1.165) is 6.20 Å². The molecule has 0 aliphatic heterocycles. The molecule has 0 bridgehead atoms. The summed E-state index contributed by atoms with van der Waals surface area (Å²) in [4.78, 5) is 3.67. The summed E-state index contributed by atoms with van der Waals surface area (Å²) in [6, 6.07) is 4.20. The fourth-order valence-electron chi connectivity index (χ4n) is 1.80. The zero-order valence-corrected chi connectivity index (χ0v) is 12.1. The standard InChI is InChI=1S/C13H13F3N2O2S/c1-19-7-3-4-9(20-2)8(5-7)11(17)10-6-18-12(21-10)13(14,15)16/h3-6,11H,17H2,1-2H3. The third-order valence-corrected chi connectivity index (χ3v) is 3.97. The fraction of sp³-hybridized carbons (Fsp3) is 0.308. The number of thiazole rings is 1. The highest BCUT2D eigenvalue weighted by Gasteiger charge is 2.35. The minimum absolute atomic E-state index is 0.300. The van der Waals surface area contributed by atoms with E-state index in [0.29, 0.717) is 33.3 Å². The molecule has 0 amide bonds. The van der Waals surface area contributed by atoms with Gasteiger partial charge in [-0.15, -0.1) is 11.3 Å². The Morgan fingerprint density at radius 2 is 1.95 bits per heavy atom. The zero-order chi connectivity index (χ0) is 15.6. The summed E-state index contributed by atoms with van der Waals surface area (Å²) in [5.74, 6) is 1.02. The fourth-order valence-corrected chi connectivity index (χ4v) is 2.60. The van der Waals surface area contributed by atoms with E-state index in [1.807, 2.05) is 0 Å². The van der Waals surface area contributed by atoms with E-state index < -0.39 is 17.2 Å². The summed E-state index contributed by atoms with van der Waals surface area (Å²) in [5, 5.41) is -0.921. The first-order valence-electron chi connectivity index (χ1n) is 5.87. The van der Waals surface area contributed by atoms with Crippen LogP contribution in [0.15, 0.2) is 24.4 Å². The van der Waals surface area contributed by atoms with Crippen LogP contribution in [0.25, 0.3) is 0 Å². The van der Waals surface area contributed by atoms with Gasteiger partial charge in [0.25, 0.3) is 0 Å². The molecular formula is C13H13F3N2O2S. The Bertz CT molecular complexity index is 628. The first-order valence-corrected chi connectivity index (χ1v) is 6.69. The number of hydrogen-bond acceptors (Lipinski definition) is 5. The summed E-state index contributed by atoms with van der Waals surface area (Å²) in [7, 11) is 2.96. The lowest BCUT2D eigenvalue weighted by molar-refractivity contribution is -0.137. The molecule has 0 aliphatic rings. The molecule has 0 saturated heterocycles. The highest BCUT2D eigenvalue weighted by Crippen LogP contribution is 2.37. The third kappa shape index (κ3) is 3.27. The highest BCUT2D eigenvalue weighted by molar-refractivity contribution is 7.11. The predicted octanol–water partition coefficient (Wildman–Crippen LogP) is 3.23. The monoisotopic (exact) mass is 318 g/mol. The minimum atomic E-state index is -4.47. The van der Waals surface area contributed by atoms with E-state index in [4.69, 9.17) is 15.2 Å². The summed E-state index contributed by atoms with van der Waals surface area (Å²) in [5.41, 5.74) is 6.58. The summed E-state index contributed by atoms with van der Waals surface area (Å²) in [6.07, 6.45) is -3.34. The number of alkyl halides is 3. The molecule has 0 aliphatic carbocycles. The minimum Gasteiger partial charge on any atom is -0.497 e. The summed E-state index contributed by atoms with van der Waals surface area (Å²) < 4.78 is 48.1. The Hall–Kier alpha value is -1.80. The second-order valence-corrected chi connectivity index (χ2v) is 5.21. The number of benzene rings is 1. The molecule has 0 saturated carbocycles. The largest absolute Gasteiger partial charge is 0.497 e. The molecule has 1 atom stereocenters. The maximum atomic E-state index is 12.6. The van der Waals surface area contributed by atoms with E-state index in [1.54, 1.807) is 18.2 Å². The number of ether oxygens (including phenoxy) is 2. The molecule has 4 nitrogen and oxygen atoms in total. The second-order valence-electron chi connectivity index (χ2n) is 4.15. The number of aromatic nitrogens is 1. The number of methoxy groups -OCH3 is 2. The lowest BCUT2D eigenvalue weighted by atomic mass is 10.1. The SMILES string of the molecule is COc1ccc(OC)c(C(N)c2cnc(C(F)(F)F)s2)c1. The maximum absolute atomic E-state index is 12.6. The number of nitrogens with two attached hydrogens (primary N) is 1. The Kier molecular flexibility index (Phi) is 4.38. The normalized spacial score (nSPS) is 13.0. The molecule has 1 aromatic carbocycles. The zero-order valence-electron chi connectivity index (χ0n) is 11.3. The van der Waals surface area contributed by atoms with Crippen LogP contribution in [0.2, 0.25) is 0 Å². The van der Waals surface area contributed by atoms with Gasteiger partial charge in [-0.3, -0.25) is 0 Å². The van der Waals surface area contributed by atoms with Gasteiger partial charge < -0.3 is 15.2 Å². The van der Waals surface area contributed by atoms with Gasteiger partial charge in [-0.1, -0.05) is 0 Å². The number of rotatable bonds is 4. The van der Waals surface area contributed by atoms with E-state index in [1.165, 1.54) is 14.2 Å². The topological polar surface area (TPSA) is 57.4 Å². The van der Waals surface area contributed by atoms with Crippen LogP contribution in [-0.4, -0.2) is 19.2 Å². The van der Waals surface area contributed by atoms with E-state index >= 15 is 0 Å². The van der Waals surface area contributed by atoms with Crippen molar-refractivity contribution < 1.29 is 22.6 Å². The lowest BCUT2D eigenvalue weighted by Crippen LogP contribution is -2.12.